The number of benzene rings is 2. The normalized spacial score (nSPS) is 29.0. The molecule has 0 amide bonds. The molecule has 4 heterocycles. The second-order valence-corrected chi connectivity index (χ2v) is 8.96. The van der Waals surface area contributed by atoms with E-state index in [1.165, 1.54) is 5.56 Å². The Balaban J connectivity index is 1.82. The molecule has 1 N–H and O–H groups in total. The van der Waals surface area contributed by atoms with Gasteiger partial charge in [0, 0.05) is 35.3 Å². The van der Waals surface area contributed by atoms with Crippen molar-refractivity contribution in [2.24, 2.45) is 0 Å². The first kappa shape index (κ1) is 17.4. The van der Waals surface area contributed by atoms with E-state index in [9.17, 15) is 5.11 Å². The molecule has 0 unspecified atom stereocenters. The van der Waals surface area contributed by atoms with E-state index in [-0.39, 0.29) is 5.75 Å². The highest BCUT2D eigenvalue weighted by atomic mass is 16.5. The summed E-state index contributed by atoms with van der Waals surface area (Å²) in [5.74, 6) is 2.25. The molecule has 0 radical (unpaired) electrons. The quantitative estimate of drug-likeness (QED) is 0.802. The van der Waals surface area contributed by atoms with E-state index in [1.54, 1.807) is 7.11 Å². The highest BCUT2D eigenvalue weighted by Gasteiger charge is 2.54. The van der Waals surface area contributed by atoms with Crippen LogP contribution in [0.3, 0.4) is 0 Å². The van der Waals surface area contributed by atoms with Crippen molar-refractivity contribution < 1.29 is 19.3 Å². The highest BCUT2D eigenvalue weighted by Crippen LogP contribution is 2.64. The third-order valence-corrected chi connectivity index (χ3v) is 7.56. The maximum absolute atomic E-state index is 11.0. The van der Waals surface area contributed by atoms with Crippen molar-refractivity contribution in [1.82, 2.24) is 9.80 Å². The van der Waals surface area contributed by atoms with E-state index in [2.05, 4.69) is 43.8 Å². The van der Waals surface area contributed by atoms with Crippen LogP contribution in [0, 0.1) is 0 Å². The Morgan fingerprint density at radius 2 is 1.41 bits per heavy atom. The molecule has 29 heavy (non-hydrogen) atoms. The summed E-state index contributed by atoms with van der Waals surface area (Å²) in [6.45, 7) is 5.91. The zero-order valence-electron chi connectivity index (χ0n) is 17.5. The molecule has 2 aromatic carbocycles. The van der Waals surface area contributed by atoms with Crippen LogP contribution in [-0.4, -0.2) is 49.2 Å². The molecule has 6 nitrogen and oxygen atoms in total. The predicted octanol–water partition coefficient (Wildman–Crippen LogP) is 3.17. The summed E-state index contributed by atoms with van der Waals surface area (Å²) in [6, 6.07) is 3.97. The first-order valence-corrected chi connectivity index (χ1v) is 10.2. The zero-order chi connectivity index (χ0) is 20.3. The van der Waals surface area contributed by atoms with Crippen LogP contribution >= 0.6 is 0 Å². The number of nitrogens with zero attached hydrogens (tertiary/aromatic N) is 2. The molecule has 4 aliphatic heterocycles. The van der Waals surface area contributed by atoms with Crippen molar-refractivity contribution >= 4 is 0 Å². The van der Waals surface area contributed by atoms with Gasteiger partial charge < -0.3 is 19.3 Å². The van der Waals surface area contributed by atoms with Gasteiger partial charge in [0.05, 0.1) is 7.11 Å². The summed E-state index contributed by atoms with van der Waals surface area (Å²) in [6.07, 6.45) is 1.78. The van der Waals surface area contributed by atoms with Crippen LogP contribution < -0.4 is 14.2 Å². The van der Waals surface area contributed by atoms with E-state index >= 15 is 0 Å². The summed E-state index contributed by atoms with van der Waals surface area (Å²) >= 11 is 0. The Hall–Kier alpha value is -2.44. The molecule has 0 bridgehead atoms. The fourth-order valence-electron chi connectivity index (χ4n) is 5.73. The predicted molar refractivity (Wildman–Crippen MR) is 109 cm³/mol. The fourth-order valence-corrected chi connectivity index (χ4v) is 5.73. The van der Waals surface area contributed by atoms with Crippen LogP contribution in [0.4, 0.5) is 0 Å². The highest BCUT2D eigenvalue weighted by molar-refractivity contribution is 5.91. The minimum Gasteiger partial charge on any atom is -0.504 e. The average molecular weight is 394 g/mol. The third-order valence-electron chi connectivity index (χ3n) is 7.56. The monoisotopic (exact) mass is 394 g/mol. The molecule has 6 heteroatoms. The van der Waals surface area contributed by atoms with Gasteiger partial charge in [-0.3, -0.25) is 9.80 Å². The molecule has 2 atom stereocenters. The van der Waals surface area contributed by atoms with Crippen LogP contribution in [0.5, 0.6) is 23.0 Å². The van der Waals surface area contributed by atoms with Crippen molar-refractivity contribution in [3.8, 4) is 34.1 Å². The van der Waals surface area contributed by atoms with Gasteiger partial charge in [-0.1, -0.05) is 0 Å². The molecule has 2 aromatic rings. The molecular weight excluding hydrogens is 368 g/mol. The molecule has 0 fully saturated rings. The lowest BCUT2D eigenvalue weighted by Gasteiger charge is -2.53. The Kier molecular flexibility index (Phi) is 3.11. The van der Waals surface area contributed by atoms with Crippen molar-refractivity contribution in [1.29, 1.82) is 0 Å². The second-order valence-electron chi connectivity index (χ2n) is 8.96. The van der Waals surface area contributed by atoms with Gasteiger partial charge in [0.1, 0.15) is 0 Å². The Morgan fingerprint density at radius 1 is 0.897 bits per heavy atom. The molecule has 0 aromatic heterocycles. The first-order chi connectivity index (χ1) is 13.8. The number of ether oxygens (including phenoxy) is 3. The van der Waals surface area contributed by atoms with Crippen LogP contribution in [-0.2, 0) is 24.3 Å². The van der Waals surface area contributed by atoms with Crippen LogP contribution in [0.2, 0.25) is 0 Å². The van der Waals surface area contributed by atoms with Crippen molar-refractivity contribution in [2.45, 2.75) is 38.1 Å². The smallest absolute Gasteiger partial charge is 0.187 e. The average Bonchev–Trinajstić information content (AvgIpc) is 2.69. The summed E-state index contributed by atoms with van der Waals surface area (Å²) in [5.41, 5.74) is 5.28. The van der Waals surface area contributed by atoms with Gasteiger partial charge in [-0.25, -0.2) is 0 Å². The number of hydrogen-bond donors (Lipinski definition) is 1. The maximum Gasteiger partial charge on any atom is 0.187 e. The van der Waals surface area contributed by atoms with E-state index in [1.807, 2.05) is 6.07 Å². The minimum atomic E-state index is -0.666. The lowest BCUT2D eigenvalue weighted by Crippen LogP contribution is -2.55. The van der Waals surface area contributed by atoms with E-state index < -0.39 is 11.4 Å². The molecule has 0 saturated heterocycles. The standard InChI is InChI=1S/C23H26N2O4/c1-22-19-13(7-9-24(22)3)11-15(27-5)21-17(19)16-18-12(10-14(26)20(16)28-22)6-8-25(4)23(18,2)29-21/h10-11,26H,6-9H2,1-5H3/t22-,23-/m0/s1. The van der Waals surface area contributed by atoms with Gasteiger partial charge in [0.25, 0.3) is 0 Å². The Labute approximate surface area is 170 Å². The van der Waals surface area contributed by atoms with E-state index in [0.29, 0.717) is 5.75 Å². The topological polar surface area (TPSA) is 54.4 Å². The number of phenols is 1. The van der Waals surface area contributed by atoms with Crippen molar-refractivity contribution in [3.63, 3.8) is 0 Å². The van der Waals surface area contributed by atoms with Gasteiger partial charge >= 0.3 is 0 Å². The third kappa shape index (κ3) is 1.85. The van der Waals surface area contributed by atoms with E-state index in [4.69, 9.17) is 14.2 Å². The number of likely N-dealkylation sites (N-methyl/N-ethyl adjacent to an activating group) is 2. The Morgan fingerprint density at radius 3 is 2.00 bits per heavy atom. The Bertz CT molecular complexity index is 1100. The second kappa shape index (κ2) is 5.18. The van der Waals surface area contributed by atoms with Gasteiger partial charge in [0.2, 0.25) is 0 Å². The minimum absolute atomic E-state index is 0.203. The van der Waals surface area contributed by atoms with Crippen LogP contribution in [0.1, 0.15) is 36.1 Å². The fraction of sp³-hybridized carbons (Fsp3) is 0.478. The first-order valence-electron chi connectivity index (χ1n) is 10.2. The summed E-state index contributed by atoms with van der Waals surface area (Å²) < 4.78 is 19.2. The number of hydrogen-bond acceptors (Lipinski definition) is 6. The molecule has 0 aliphatic carbocycles. The van der Waals surface area contributed by atoms with Crippen molar-refractivity contribution in [3.05, 3.63) is 34.4 Å². The number of phenolic OH excluding ortho intramolecular Hbond substituents is 1. The number of methoxy groups -OCH3 is 1. The summed E-state index contributed by atoms with van der Waals surface area (Å²) in [5, 5.41) is 11.0. The van der Waals surface area contributed by atoms with Gasteiger partial charge in [-0.2, -0.15) is 0 Å². The molecule has 152 valence electrons. The zero-order valence-corrected chi connectivity index (χ0v) is 17.5. The molecule has 6 rings (SSSR count). The van der Waals surface area contributed by atoms with Crippen LogP contribution in [0.15, 0.2) is 12.1 Å². The molecule has 4 aliphatic rings. The molecule has 0 saturated carbocycles. The largest absolute Gasteiger partial charge is 0.504 e. The van der Waals surface area contributed by atoms with Gasteiger partial charge in [-0.05, 0) is 64.0 Å². The summed E-state index contributed by atoms with van der Waals surface area (Å²) in [4.78, 5) is 4.44. The number of aromatic hydroxyl groups is 1. The van der Waals surface area contributed by atoms with Crippen LogP contribution in [0.25, 0.3) is 11.1 Å². The van der Waals surface area contributed by atoms with Gasteiger partial charge in [-0.15, -0.1) is 0 Å². The van der Waals surface area contributed by atoms with E-state index in [0.717, 1.165) is 65.2 Å². The SMILES string of the molecule is COc1cc2c3c4c1O[C@@]1(C)c5c(cc(O)c(c5-4)O[C@]3(C)N(C)CC2)CCN1C. The summed E-state index contributed by atoms with van der Waals surface area (Å²) in [7, 11) is 5.85. The number of rotatable bonds is 1. The van der Waals surface area contributed by atoms with Crippen molar-refractivity contribution in [2.75, 3.05) is 34.3 Å². The van der Waals surface area contributed by atoms with Gasteiger partial charge in [0.15, 0.2) is 34.4 Å². The lowest BCUT2D eigenvalue weighted by atomic mass is 9.74. The molecule has 0 spiro atoms. The lowest BCUT2D eigenvalue weighted by molar-refractivity contribution is -0.0865. The maximum atomic E-state index is 11.0. The molecular formula is C23H26N2O4.